The molecule has 4 amide bonds. The fourth-order valence-electron chi connectivity index (χ4n) is 8.40. The third kappa shape index (κ3) is 4.91. The number of carbonyl (C=O) groups excluding carboxylic acids is 3. The number of benzene rings is 1. The molecule has 1 heterocycles. The van der Waals surface area contributed by atoms with Crippen LogP contribution in [0, 0.1) is 16.7 Å². The highest BCUT2D eigenvalue weighted by atomic mass is 16.2. The van der Waals surface area contributed by atoms with Crippen molar-refractivity contribution in [1.82, 2.24) is 15.1 Å². The van der Waals surface area contributed by atoms with Gasteiger partial charge in [-0.3, -0.25) is 9.59 Å². The number of carbonyl (C=O) groups is 3. The molecule has 1 aromatic carbocycles. The van der Waals surface area contributed by atoms with Gasteiger partial charge in [0.1, 0.15) is 0 Å². The van der Waals surface area contributed by atoms with Crippen LogP contribution in [0.15, 0.2) is 24.3 Å². The average Bonchev–Trinajstić information content (AvgIpc) is 2.76. The smallest absolute Gasteiger partial charge is 0.319 e. The molecule has 2 N–H and O–H groups in total. The van der Waals surface area contributed by atoms with E-state index in [-0.39, 0.29) is 23.4 Å². The summed E-state index contributed by atoms with van der Waals surface area (Å²) >= 11 is 0. The number of nitrogens with zero attached hydrogens (tertiary/aromatic N) is 2. The third-order valence-electron chi connectivity index (χ3n) is 8.78. The third-order valence-corrected chi connectivity index (χ3v) is 8.78. The second-order valence-electron chi connectivity index (χ2n) is 12.5. The summed E-state index contributed by atoms with van der Waals surface area (Å²) in [6, 6.07) is 7.01. The molecule has 7 nitrogen and oxygen atoms in total. The molecule has 190 valence electrons. The van der Waals surface area contributed by atoms with Crippen LogP contribution in [0.5, 0.6) is 0 Å². The van der Waals surface area contributed by atoms with E-state index in [1.165, 1.54) is 19.3 Å². The highest BCUT2D eigenvalue weighted by molar-refractivity contribution is 5.96. The molecule has 4 bridgehead atoms. The molecule has 1 aromatic rings. The van der Waals surface area contributed by atoms with Gasteiger partial charge in [-0.25, -0.2) is 4.79 Å². The number of hydrogen-bond donors (Lipinski definition) is 2. The summed E-state index contributed by atoms with van der Waals surface area (Å²) in [5.74, 6) is 0.863. The van der Waals surface area contributed by atoms with Crippen molar-refractivity contribution in [1.29, 1.82) is 0 Å². The van der Waals surface area contributed by atoms with Crippen LogP contribution in [-0.2, 0) is 4.79 Å². The van der Waals surface area contributed by atoms with E-state index in [9.17, 15) is 14.4 Å². The van der Waals surface area contributed by atoms with E-state index in [2.05, 4.69) is 24.5 Å². The van der Waals surface area contributed by atoms with Gasteiger partial charge >= 0.3 is 6.03 Å². The van der Waals surface area contributed by atoms with Crippen molar-refractivity contribution in [3.05, 3.63) is 29.8 Å². The van der Waals surface area contributed by atoms with Crippen LogP contribution >= 0.6 is 0 Å². The van der Waals surface area contributed by atoms with E-state index in [4.69, 9.17) is 0 Å². The lowest BCUT2D eigenvalue weighted by Gasteiger charge is -2.65. The molecule has 0 unspecified atom stereocenters. The van der Waals surface area contributed by atoms with Crippen molar-refractivity contribution >= 4 is 23.5 Å². The maximum absolute atomic E-state index is 13.0. The minimum absolute atomic E-state index is 0.0290. The van der Waals surface area contributed by atoms with Gasteiger partial charge < -0.3 is 20.4 Å². The first-order valence-electron chi connectivity index (χ1n) is 13.4. The van der Waals surface area contributed by atoms with Gasteiger partial charge in [-0.05, 0) is 86.0 Å². The quantitative estimate of drug-likeness (QED) is 0.644. The molecule has 0 spiro atoms. The van der Waals surface area contributed by atoms with Crippen LogP contribution in [-0.4, -0.2) is 59.4 Å². The highest BCUT2D eigenvalue weighted by Crippen LogP contribution is 2.66. The van der Waals surface area contributed by atoms with Crippen molar-refractivity contribution in [3.63, 3.8) is 0 Å². The predicted octanol–water partition coefficient (Wildman–Crippen LogP) is 4.64. The molecule has 1 aliphatic heterocycles. The van der Waals surface area contributed by atoms with Crippen molar-refractivity contribution in [3.8, 4) is 0 Å². The second-order valence-corrected chi connectivity index (χ2v) is 12.5. The zero-order valence-electron chi connectivity index (χ0n) is 21.5. The predicted molar refractivity (Wildman–Crippen MR) is 136 cm³/mol. The Hall–Kier alpha value is -2.57. The number of amides is 4. The Morgan fingerprint density at radius 3 is 2.06 bits per heavy atom. The molecule has 0 aromatic heterocycles. The number of anilines is 1. The molecule has 6 rings (SSSR count). The lowest BCUT2D eigenvalue weighted by Crippen LogP contribution is -2.65. The lowest BCUT2D eigenvalue weighted by molar-refractivity contribution is -0.132. The van der Waals surface area contributed by atoms with E-state index in [1.807, 2.05) is 11.8 Å². The zero-order valence-corrected chi connectivity index (χ0v) is 21.5. The van der Waals surface area contributed by atoms with Crippen LogP contribution in [0.2, 0.25) is 0 Å². The van der Waals surface area contributed by atoms with E-state index in [0.717, 1.165) is 31.6 Å². The van der Waals surface area contributed by atoms with Crippen LogP contribution < -0.4 is 10.6 Å². The fraction of sp³-hybridized carbons (Fsp3) is 0.679. The van der Waals surface area contributed by atoms with Gasteiger partial charge in [0.05, 0.1) is 0 Å². The van der Waals surface area contributed by atoms with E-state index < -0.39 is 0 Å². The lowest BCUT2D eigenvalue weighted by atomic mass is 9.43. The van der Waals surface area contributed by atoms with Crippen LogP contribution in [0.3, 0.4) is 0 Å². The molecule has 35 heavy (non-hydrogen) atoms. The molecular weight excluding hydrogens is 440 g/mol. The Bertz CT molecular complexity index is 980. The Labute approximate surface area is 209 Å². The average molecular weight is 481 g/mol. The maximum Gasteiger partial charge on any atom is 0.319 e. The number of piperazine rings is 1. The summed E-state index contributed by atoms with van der Waals surface area (Å²) < 4.78 is 0. The van der Waals surface area contributed by atoms with Crippen molar-refractivity contribution in [2.75, 3.05) is 31.5 Å². The molecule has 5 fully saturated rings. The molecular formula is C28H40N4O3. The van der Waals surface area contributed by atoms with Gasteiger partial charge in [0.15, 0.2) is 0 Å². The molecule has 4 atom stereocenters. The summed E-state index contributed by atoms with van der Waals surface area (Å²) in [6.45, 7) is 9.10. The van der Waals surface area contributed by atoms with Gasteiger partial charge in [0, 0.05) is 49.4 Å². The van der Waals surface area contributed by atoms with Gasteiger partial charge in [-0.1, -0.05) is 20.8 Å². The molecule has 1 saturated heterocycles. The van der Waals surface area contributed by atoms with Crippen molar-refractivity contribution in [2.45, 2.75) is 77.7 Å². The summed E-state index contributed by atoms with van der Waals surface area (Å²) in [5, 5.41) is 6.38. The monoisotopic (exact) mass is 480 g/mol. The van der Waals surface area contributed by atoms with Crippen LogP contribution in [0.1, 0.15) is 82.5 Å². The van der Waals surface area contributed by atoms with Gasteiger partial charge in [-0.15, -0.1) is 0 Å². The Morgan fingerprint density at radius 2 is 1.49 bits per heavy atom. The highest BCUT2D eigenvalue weighted by Gasteiger charge is 2.60. The van der Waals surface area contributed by atoms with E-state index >= 15 is 0 Å². The van der Waals surface area contributed by atoms with E-state index in [0.29, 0.717) is 54.7 Å². The standard InChI is InChI=1S/C28H40N4O3/c1-4-5-23(33)31-10-12-32(13-11-31)24(34)21-6-8-22(9-7-21)29-25(35)30-28-16-20-14-26(2,18-28)17-27(3,15-20)19-28/h6-9,20H,4-5,10-19H2,1-3H3,(H2,29,30,35)/t20-,26+,27-,28-. The second kappa shape index (κ2) is 8.82. The first-order chi connectivity index (χ1) is 16.6. The number of hydrogen-bond acceptors (Lipinski definition) is 3. The van der Waals surface area contributed by atoms with Crippen LogP contribution in [0.25, 0.3) is 0 Å². The molecule has 5 aliphatic rings. The van der Waals surface area contributed by atoms with Crippen molar-refractivity contribution in [2.24, 2.45) is 16.7 Å². The molecule has 0 radical (unpaired) electrons. The molecule has 4 aliphatic carbocycles. The largest absolute Gasteiger partial charge is 0.339 e. The summed E-state index contributed by atoms with van der Waals surface area (Å²) in [5.41, 5.74) is 1.89. The molecule has 4 saturated carbocycles. The minimum atomic E-state index is -0.147. The molecule has 7 heteroatoms. The Kier molecular flexibility index (Phi) is 6.09. The summed E-state index contributed by atoms with van der Waals surface area (Å²) in [6.07, 6.45) is 8.53. The maximum atomic E-state index is 13.0. The SMILES string of the molecule is CCCC(=O)N1CCN(C(=O)c2ccc(NC(=O)N[C@@]34C[C@@H]5C[C@@](C)(C[C@@](C)(C5)C3)C4)cc2)CC1. The minimum Gasteiger partial charge on any atom is -0.339 e. The normalized spacial score (nSPS) is 33.5. The van der Waals surface area contributed by atoms with Gasteiger partial charge in [0.25, 0.3) is 5.91 Å². The van der Waals surface area contributed by atoms with Gasteiger partial charge in [0.2, 0.25) is 5.91 Å². The Balaban J connectivity index is 1.15. The first kappa shape index (κ1) is 24.1. The number of urea groups is 1. The number of nitrogens with one attached hydrogen (secondary N) is 2. The summed E-state index contributed by atoms with van der Waals surface area (Å²) in [7, 11) is 0. The van der Waals surface area contributed by atoms with E-state index in [1.54, 1.807) is 29.2 Å². The first-order valence-corrected chi connectivity index (χ1v) is 13.4. The topological polar surface area (TPSA) is 81.8 Å². The summed E-state index contributed by atoms with van der Waals surface area (Å²) in [4.78, 5) is 41.7. The Morgan fingerprint density at radius 1 is 0.886 bits per heavy atom. The zero-order chi connectivity index (χ0) is 24.8. The number of rotatable bonds is 5. The fourth-order valence-corrected chi connectivity index (χ4v) is 8.40. The van der Waals surface area contributed by atoms with Gasteiger partial charge in [-0.2, -0.15) is 0 Å². The van der Waals surface area contributed by atoms with Crippen LogP contribution in [0.4, 0.5) is 10.5 Å². The van der Waals surface area contributed by atoms with Crippen molar-refractivity contribution < 1.29 is 14.4 Å².